The van der Waals surface area contributed by atoms with E-state index < -0.39 is 11.5 Å². The summed E-state index contributed by atoms with van der Waals surface area (Å²) in [5.41, 5.74) is 1.93. The summed E-state index contributed by atoms with van der Waals surface area (Å²) in [6.07, 6.45) is 3.60. The van der Waals surface area contributed by atoms with Crippen molar-refractivity contribution in [2.75, 3.05) is 5.32 Å². The van der Waals surface area contributed by atoms with Gasteiger partial charge in [-0.25, -0.2) is 9.48 Å². The molecule has 8 heteroatoms. The second-order valence-corrected chi connectivity index (χ2v) is 6.63. The molecule has 0 atom stereocenters. The van der Waals surface area contributed by atoms with E-state index in [0.29, 0.717) is 35.5 Å². The molecule has 0 amide bonds. The number of Topliss-reactive ketones (excluding diaryl/α,β-unsaturated/α-hetero) is 1. The molecule has 0 saturated carbocycles. The molecular weight excluding hydrogens is 384 g/mol. The van der Waals surface area contributed by atoms with Crippen LogP contribution in [-0.2, 0) is 13.0 Å². The number of pyridine rings is 1. The summed E-state index contributed by atoms with van der Waals surface area (Å²) in [6.45, 7) is 5.29. The van der Waals surface area contributed by atoms with E-state index in [2.05, 4.69) is 15.4 Å². The summed E-state index contributed by atoms with van der Waals surface area (Å²) in [7, 11) is 0. The number of nitrogens with zero attached hydrogens (tertiary/aromatic N) is 3. The molecule has 0 bridgehead atoms. The molecule has 0 aliphatic carbocycles. The third kappa shape index (κ3) is 3.84. The molecule has 8 nitrogen and oxygen atoms in total. The van der Waals surface area contributed by atoms with Crippen LogP contribution in [0.4, 0.5) is 11.4 Å². The molecule has 0 aliphatic heterocycles. The number of aryl methyl sites for hydroxylation is 1. The second kappa shape index (κ2) is 8.69. The Kier molecular flexibility index (Phi) is 6.06. The zero-order valence-electron chi connectivity index (χ0n) is 17.0. The maximum atomic E-state index is 13.1. The molecule has 2 heterocycles. The number of aromatic nitrogens is 3. The zero-order valence-corrected chi connectivity index (χ0v) is 17.0. The zero-order chi connectivity index (χ0) is 21.8. The molecule has 154 valence electrons. The lowest BCUT2D eigenvalue weighted by atomic mass is 10.0. The minimum absolute atomic E-state index is 0.0726. The smallest absolute Gasteiger partial charge is 0.336 e. The Labute approximate surface area is 173 Å². The number of hydrogen-bond donors (Lipinski definition) is 2. The Balaban J connectivity index is 2.30. The van der Waals surface area contributed by atoms with Crippen molar-refractivity contribution < 1.29 is 14.7 Å². The molecule has 0 spiro atoms. The average Bonchev–Trinajstić information content (AvgIpc) is 2.74. The quantitative estimate of drug-likeness (QED) is 0.577. The first kappa shape index (κ1) is 20.9. The Bertz CT molecular complexity index is 1170. The molecule has 0 fully saturated rings. The lowest BCUT2D eigenvalue weighted by Gasteiger charge is -2.18. The van der Waals surface area contributed by atoms with Crippen molar-refractivity contribution >= 4 is 23.1 Å². The van der Waals surface area contributed by atoms with Crippen molar-refractivity contribution in [3.05, 3.63) is 69.8 Å². The number of carboxylic acids is 1. The van der Waals surface area contributed by atoms with Crippen LogP contribution in [-0.4, -0.2) is 31.6 Å². The van der Waals surface area contributed by atoms with Gasteiger partial charge in [0.2, 0.25) is 0 Å². The SMILES string of the molecule is CCc1c(Nc2c(C(C)=O)c(-c3ccncc3)nn(CC)c2=O)cccc1C(=O)O. The number of carbonyl (C=O) groups excluding carboxylic acids is 1. The third-order valence-electron chi connectivity index (χ3n) is 4.78. The van der Waals surface area contributed by atoms with Crippen LogP contribution in [0.25, 0.3) is 11.3 Å². The van der Waals surface area contributed by atoms with Crippen molar-refractivity contribution in [2.45, 2.75) is 33.7 Å². The highest BCUT2D eigenvalue weighted by atomic mass is 16.4. The number of aromatic carboxylic acids is 1. The summed E-state index contributed by atoms with van der Waals surface area (Å²) in [4.78, 5) is 41.3. The average molecular weight is 406 g/mol. The Morgan fingerprint density at radius 1 is 1.13 bits per heavy atom. The molecule has 2 N–H and O–H groups in total. The van der Waals surface area contributed by atoms with Gasteiger partial charge in [0, 0.05) is 30.2 Å². The largest absolute Gasteiger partial charge is 0.478 e. The van der Waals surface area contributed by atoms with Gasteiger partial charge in [0.25, 0.3) is 5.56 Å². The van der Waals surface area contributed by atoms with Gasteiger partial charge in [0.15, 0.2) is 5.78 Å². The van der Waals surface area contributed by atoms with Gasteiger partial charge in [-0.1, -0.05) is 13.0 Å². The van der Waals surface area contributed by atoms with Gasteiger partial charge in [0.05, 0.1) is 11.1 Å². The summed E-state index contributed by atoms with van der Waals surface area (Å²) >= 11 is 0. The van der Waals surface area contributed by atoms with Crippen LogP contribution in [0, 0.1) is 0 Å². The van der Waals surface area contributed by atoms with Crippen LogP contribution in [0.1, 0.15) is 47.1 Å². The molecule has 1 aromatic carbocycles. The van der Waals surface area contributed by atoms with Gasteiger partial charge in [-0.05, 0) is 50.1 Å². The summed E-state index contributed by atoms with van der Waals surface area (Å²) in [5, 5.41) is 16.9. The molecule has 0 aliphatic rings. The van der Waals surface area contributed by atoms with Gasteiger partial charge in [0.1, 0.15) is 11.4 Å². The standard InChI is InChI=1S/C22H22N4O4/c1-4-15-16(22(29)30)7-6-8-17(15)24-20-18(13(3)27)19(14-9-11-23-12-10-14)25-26(5-2)21(20)28/h6-12,24H,4-5H2,1-3H3,(H,29,30). The van der Waals surface area contributed by atoms with Crippen LogP contribution in [0.5, 0.6) is 0 Å². The van der Waals surface area contributed by atoms with Gasteiger partial charge >= 0.3 is 5.97 Å². The first-order valence-electron chi connectivity index (χ1n) is 9.57. The van der Waals surface area contributed by atoms with Gasteiger partial charge < -0.3 is 10.4 Å². The normalized spacial score (nSPS) is 10.6. The van der Waals surface area contributed by atoms with Gasteiger partial charge in [-0.3, -0.25) is 14.6 Å². The predicted octanol–water partition coefficient (Wildman–Crippen LogP) is 3.53. The molecule has 30 heavy (non-hydrogen) atoms. The highest BCUT2D eigenvalue weighted by Gasteiger charge is 2.23. The Hall–Kier alpha value is -3.81. The number of ketones is 1. The van der Waals surface area contributed by atoms with Crippen molar-refractivity contribution in [3.8, 4) is 11.3 Å². The maximum Gasteiger partial charge on any atom is 0.336 e. The van der Waals surface area contributed by atoms with E-state index in [1.807, 2.05) is 6.92 Å². The van der Waals surface area contributed by atoms with Crippen LogP contribution < -0.4 is 10.9 Å². The number of hydrogen-bond acceptors (Lipinski definition) is 6. The van der Waals surface area contributed by atoms with Gasteiger partial charge in [-0.2, -0.15) is 5.10 Å². The predicted molar refractivity (Wildman–Crippen MR) is 113 cm³/mol. The number of rotatable bonds is 7. The van der Waals surface area contributed by atoms with Crippen molar-refractivity contribution in [3.63, 3.8) is 0 Å². The number of carbonyl (C=O) groups is 2. The fraction of sp³-hybridized carbons (Fsp3) is 0.227. The number of anilines is 2. The summed E-state index contributed by atoms with van der Waals surface area (Å²) in [5.74, 6) is -1.38. The lowest BCUT2D eigenvalue weighted by molar-refractivity contribution is 0.0695. The number of benzene rings is 1. The number of carboxylic acid groups (broad SMARTS) is 1. The van der Waals surface area contributed by atoms with E-state index in [1.165, 1.54) is 17.7 Å². The maximum absolute atomic E-state index is 13.1. The van der Waals surface area contributed by atoms with Gasteiger partial charge in [-0.15, -0.1) is 0 Å². The van der Waals surface area contributed by atoms with E-state index >= 15 is 0 Å². The van der Waals surface area contributed by atoms with Crippen LogP contribution in [0.2, 0.25) is 0 Å². The van der Waals surface area contributed by atoms with E-state index in [0.717, 1.165) is 0 Å². The fourth-order valence-electron chi connectivity index (χ4n) is 3.38. The molecule has 0 unspecified atom stereocenters. The Morgan fingerprint density at radius 3 is 2.40 bits per heavy atom. The van der Waals surface area contributed by atoms with Crippen LogP contribution >= 0.6 is 0 Å². The molecule has 2 aromatic heterocycles. The third-order valence-corrected chi connectivity index (χ3v) is 4.78. The van der Waals surface area contributed by atoms with Crippen molar-refractivity contribution in [1.82, 2.24) is 14.8 Å². The molecular formula is C22H22N4O4. The Morgan fingerprint density at radius 2 is 1.83 bits per heavy atom. The topological polar surface area (TPSA) is 114 Å². The van der Waals surface area contributed by atoms with Crippen LogP contribution in [0.15, 0.2) is 47.5 Å². The molecule has 3 aromatic rings. The lowest BCUT2D eigenvalue weighted by Crippen LogP contribution is -2.28. The highest BCUT2D eigenvalue weighted by molar-refractivity contribution is 6.05. The van der Waals surface area contributed by atoms with E-state index in [-0.39, 0.29) is 22.6 Å². The van der Waals surface area contributed by atoms with E-state index in [9.17, 15) is 19.5 Å². The van der Waals surface area contributed by atoms with Crippen LogP contribution in [0.3, 0.4) is 0 Å². The molecule has 0 saturated heterocycles. The van der Waals surface area contributed by atoms with Crippen molar-refractivity contribution in [2.24, 2.45) is 0 Å². The summed E-state index contributed by atoms with van der Waals surface area (Å²) < 4.78 is 1.28. The fourth-order valence-corrected chi connectivity index (χ4v) is 3.38. The minimum atomic E-state index is -1.06. The first-order valence-corrected chi connectivity index (χ1v) is 9.57. The monoisotopic (exact) mass is 406 g/mol. The van der Waals surface area contributed by atoms with E-state index in [4.69, 9.17) is 0 Å². The second-order valence-electron chi connectivity index (χ2n) is 6.63. The van der Waals surface area contributed by atoms with E-state index in [1.54, 1.807) is 43.6 Å². The highest BCUT2D eigenvalue weighted by Crippen LogP contribution is 2.29. The molecule has 0 radical (unpaired) electrons. The summed E-state index contributed by atoms with van der Waals surface area (Å²) in [6, 6.07) is 8.23. The van der Waals surface area contributed by atoms with Crippen molar-refractivity contribution in [1.29, 1.82) is 0 Å². The molecule has 3 rings (SSSR count). The number of nitrogens with one attached hydrogen (secondary N) is 1. The minimum Gasteiger partial charge on any atom is -0.478 e. The first-order chi connectivity index (χ1) is 14.4.